The van der Waals surface area contributed by atoms with E-state index in [1.807, 2.05) is 30.3 Å². The summed E-state index contributed by atoms with van der Waals surface area (Å²) in [6, 6.07) is 15.9. The molecule has 0 aliphatic rings. The van der Waals surface area contributed by atoms with Gasteiger partial charge in [0, 0.05) is 28.7 Å². The smallest absolute Gasteiger partial charge is 0.263 e. The summed E-state index contributed by atoms with van der Waals surface area (Å²) in [5, 5.41) is 16.1. The Bertz CT molecular complexity index is 1060. The van der Waals surface area contributed by atoms with Crippen LogP contribution in [0.2, 0.25) is 0 Å². The molecule has 1 aromatic heterocycles. The lowest BCUT2D eigenvalue weighted by molar-refractivity contribution is 0.601. The SMILES string of the molecule is CC(=N)/C=C(\Nc1ccccc1)Nc1ccc(S(=O)(=O)Nc2nccs2)cc1. The third kappa shape index (κ3) is 5.41. The lowest BCUT2D eigenvalue weighted by Gasteiger charge is -2.14. The van der Waals surface area contributed by atoms with E-state index in [1.165, 1.54) is 29.7 Å². The largest absolute Gasteiger partial charge is 0.342 e. The monoisotopic (exact) mass is 413 g/mol. The molecule has 0 bridgehead atoms. The first-order valence-electron chi connectivity index (χ1n) is 8.31. The molecule has 0 amide bonds. The van der Waals surface area contributed by atoms with Gasteiger partial charge in [0.2, 0.25) is 0 Å². The molecule has 0 atom stereocenters. The van der Waals surface area contributed by atoms with Crippen molar-refractivity contribution in [3.8, 4) is 0 Å². The van der Waals surface area contributed by atoms with Gasteiger partial charge in [0.25, 0.3) is 10.0 Å². The molecule has 3 rings (SSSR count). The first-order chi connectivity index (χ1) is 13.4. The Morgan fingerprint density at radius 3 is 2.25 bits per heavy atom. The molecule has 0 saturated heterocycles. The minimum atomic E-state index is -3.69. The molecule has 7 nitrogen and oxygen atoms in total. The fourth-order valence-electron chi connectivity index (χ4n) is 2.32. The molecule has 0 fully saturated rings. The van der Waals surface area contributed by atoms with Crippen molar-refractivity contribution in [1.82, 2.24) is 4.98 Å². The van der Waals surface area contributed by atoms with E-state index in [0.717, 1.165) is 5.69 Å². The van der Waals surface area contributed by atoms with E-state index in [0.29, 0.717) is 22.4 Å². The summed E-state index contributed by atoms with van der Waals surface area (Å²) >= 11 is 1.21. The number of nitrogens with zero attached hydrogens (tertiary/aromatic N) is 1. The van der Waals surface area contributed by atoms with Crippen molar-refractivity contribution in [2.24, 2.45) is 0 Å². The zero-order valence-corrected chi connectivity index (χ0v) is 16.6. The summed E-state index contributed by atoms with van der Waals surface area (Å²) in [4.78, 5) is 4.07. The van der Waals surface area contributed by atoms with E-state index in [2.05, 4.69) is 20.3 Å². The van der Waals surface area contributed by atoms with Crippen LogP contribution in [0.15, 0.2) is 83.0 Å². The zero-order chi connectivity index (χ0) is 20.0. The van der Waals surface area contributed by atoms with Crippen LogP contribution < -0.4 is 15.4 Å². The molecule has 0 unspecified atom stereocenters. The molecule has 0 aliphatic heterocycles. The number of hydrogen-bond donors (Lipinski definition) is 4. The summed E-state index contributed by atoms with van der Waals surface area (Å²) < 4.78 is 27.2. The van der Waals surface area contributed by atoms with E-state index >= 15 is 0 Å². The number of anilines is 3. The van der Waals surface area contributed by atoms with Crippen LogP contribution in [-0.4, -0.2) is 19.1 Å². The van der Waals surface area contributed by atoms with E-state index in [9.17, 15) is 8.42 Å². The molecule has 0 radical (unpaired) electrons. The molecule has 4 N–H and O–H groups in total. The lowest BCUT2D eigenvalue weighted by Crippen LogP contribution is -2.13. The van der Waals surface area contributed by atoms with Gasteiger partial charge in [-0.15, -0.1) is 11.3 Å². The van der Waals surface area contributed by atoms with Gasteiger partial charge in [-0.05, 0) is 49.4 Å². The standard InChI is InChI=1S/C19H19N5O2S2/c1-14(20)13-18(22-15-5-3-2-4-6-15)23-16-7-9-17(10-8-16)28(25,26)24-19-21-11-12-27-19/h2-13,20,22-23H,1H3,(H,21,24)/b18-13+,20-14?. The van der Waals surface area contributed by atoms with E-state index in [1.54, 1.807) is 30.5 Å². The van der Waals surface area contributed by atoms with Crippen molar-refractivity contribution in [3.63, 3.8) is 0 Å². The van der Waals surface area contributed by atoms with E-state index in [4.69, 9.17) is 5.41 Å². The summed E-state index contributed by atoms with van der Waals surface area (Å²) in [5.41, 5.74) is 1.93. The fourth-order valence-corrected chi connectivity index (χ4v) is 4.11. The first kappa shape index (κ1) is 19.6. The maximum absolute atomic E-state index is 12.4. The Hall–Kier alpha value is -3.17. The molecule has 0 aliphatic carbocycles. The van der Waals surface area contributed by atoms with Crippen LogP contribution in [0.4, 0.5) is 16.5 Å². The average molecular weight is 414 g/mol. The second-order valence-electron chi connectivity index (χ2n) is 5.82. The van der Waals surface area contributed by atoms with Gasteiger partial charge < -0.3 is 16.0 Å². The van der Waals surface area contributed by atoms with Gasteiger partial charge in [0.1, 0.15) is 5.82 Å². The Morgan fingerprint density at radius 1 is 1.04 bits per heavy atom. The quantitative estimate of drug-likeness (QED) is 0.411. The topological polar surface area (TPSA) is 107 Å². The highest BCUT2D eigenvalue weighted by atomic mass is 32.2. The van der Waals surface area contributed by atoms with Gasteiger partial charge in [-0.1, -0.05) is 18.2 Å². The summed E-state index contributed by atoms with van der Waals surface area (Å²) in [6.07, 6.45) is 3.19. The average Bonchev–Trinajstić information content (AvgIpc) is 3.15. The maximum atomic E-state index is 12.4. The first-order valence-corrected chi connectivity index (χ1v) is 10.7. The molecular formula is C19H19N5O2S2. The van der Waals surface area contributed by atoms with Crippen LogP contribution >= 0.6 is 11.3 Å². The molecular weight excluding hydrogens is 394 g/mol. The van der Waals surface area contributed by atoms with E-state index in [-0.39, 0.29) is 4.90 Å². The molecule has 2 aromatic carbocycles. The third-order valence-corrected chi connectivity index (χ3v) is 5.68. The minimum absolute atomic E-state index is 0.137. The zero-order valence-electron chi connectivity index (χ0n) is 15.0. The highest BCUT2D eigenvalue weighted by Gasteiger charge is 2.15. The number of hydrogen-bond acceptors (Lipinski definition) is 7. The number of aromatic nitrogens is 1. The van der Waals surface area contributed by atoms with Crippen LogP contribution in [0.25, 0.3) is 0 Å². The van der Waals surface area contributed by atoms with Crippen molar-refractivity contribution in [2.45, 2.75) is 11.8 Å². The molecule has 144 valence electrons. The Labute approximate surface area is 167 Å². The normalized spacial score (nSPS) is 11.7. The van der Waals surface area contributed by atoms with Crippen LogP contribution in [0.1, 0.15) is 6.92 Å². The number of nitrogens with one attached hydrogen (secondary N) is 4. The van der Waals surface area contributed by atoms with Crippen LogP contribution in [0.3, 0.4) is 0 Å². The predicted molar refractivity (Wildman–Crippen MR) is 115 cm³/mol. The number of rotatable bonds is 8. The van der Waals surface area contributed by atoms with Gasteiger partial charge in [-0.3, -0.25) is 4.72 Å². The number of thiazole rings is 1. The molecule has 3 aromatic rings. The van der Waals surface area contributed by atoms with Gasteiger partial charge in [0.05, 0.1) is 4.90 Å². The van der Waals surface area contributed by atoms with Crippen LogP contribution in [-0.2, 0) is 10.0 Å². The maximum Gasteiger partial charge on any atom is 0.263 e. The van der Waals surface area contributed by atoms with Crippen molar-refractivity contribution in [3.05, 3.63) is 78.1 Å². The fraction of sp³-hybridized carbons (Fsp3) is 0.0526. The Kier molecular flexibility index (Phi) is 6.07. The van der Waals surface area contributed by atoms with Gasteiger partial charge in [-0.2, -0.15) is 0 Å². The van der Waals surface area contributed by atoms with Crippen LogP contribution in [0.5, 0.6) is 0 Å². The van der Waals surface area contributed by atoms with Crippen molar-refractivity contribution < 1.29 is 8.42 Å². The summed E-state index contributed by atoms with van der Waals surface area (Å²) in [7, 11) is -3.69. The Morgan fingerprint density at radius 2 is 1.68 bits per heavy atom. The molecule has 1 heterocycles. The van der Waals surface area contributed by atoms with Crippen LogP contribution in [0, 0.1) is 5.41 Å². The highest BCUT2D eigenvalue weighted by molar-refractivity contribution is 7.93. The number of allylic oxidation sites excluding steroid dienone is 1. The number of benzene rings is 2. The second-order valence-corrected chi connectivity index (χ2v) is 8.40. The third-order valence-electron chi connectivity index (χ3n) is 3.51. The van der Waals surface area contributed by atoms with E-state index < -0.39 is 10.0 Å². The second kappa shape index (κ2) is 8.68. The number of sulfonamides is 1. The molecule has 0 saturated carbocycles. The van der Waals surface area contributed by atoms with Gasteiger partial charge >= 0.3 is 0 Å². The Balaban J connectivity index is 1.75. The van der Waals surface area contributed by atoms with Crippen molar-refractivity contribution >= 4 is 43.6 Å². The number of para-hydroxylation sites is 1. The van der Waals surface area contributed by atoms with Gasteiger partial charge in [0.15, 0.2) is 5.13 Å². The highest BCUT2D eigenvalue weighted by Crippen LogP contribution is 2.20. The molecule has 28 heavy (non-hydrogen) atoms. The minimum Gasteiger partial charge on any atom is -0.342 e. The molecule has 9 heteroatoms. The predicted octanol–water partition coefficient (Wildman–Crippen LogP) is 4.35. The summed E-state index contributed by atoms with van der Waals surface area (Å²) in [5.74, 6) is 0.607. The van der Waals surface area contributed by atoms with Crippen molar-refractivity contribution in [2.75, 3.05) is 15.4 Å². The lowest BCUT2D eigenvalue weighted by atomic mass is 10.3. The summed E-state index contributed by atoms with van der Waals surface area (Å²) in [6.45, 7) is 1.67. The van der Waals surface area contributed by atoms with Gasteiger partial charge in [-0.25, -0.2) is 13.4 Å². The molecule has 0 spiro atoms. The van der Waals surface area contributed by atoms with Crippen molar-refractivity contribution in [1.29, 1.82) is 5.41 Å².